The van der Waals surface area contributed by atoms with E-state index >= 15 is 0 Å². The average molecular weight is 164 g/mol. The van der Waals surface area contributed by atoms with Crippen LogP contribution < -0.4 is 24.0 Å². The molecule has 2 atom stereocenters. The van der Waals surface area contributed by atoms with Crippen molar-refractivity contribution in [2.75, 3.05) is 0 Å². The molecule has 0 aliphatic rings. The molecule has 0 spiro atoms. The second-order valence-corrected chi connectivity index (χ2v) is 3.32. The minimum absolute atomic E-state index is 0. The van der Waals surface area contributed by atoms with E-state index in [1.54, 1.807) is 13.8 Å². The second-order valence-electron chi connectivity index (χ2n) is 3.32. The molecule has 0 aromatic heterocycles. The molecule has 0 fully saturated rings. The number of ketones is 1. The Hall–Kier alpha value is 0.227. The van der Waals surface area contributed by atoms with Crippen molar-refractivity contribution in [1.82, 2.24) is 0 Å². The zero-order valence-electron chi connectivity index (χ0n) is 8.76. The number of carbonyl (C=O) groups is 1. The van der Waals surface area contributed by atoms with Crippen molar-refractivity contribution in [1.29, 1.82) is 0 Å². The second kappa shape index (κ2) is 6.71. The van der Waals surface area contributed by atoms with E-state index in [-0.39, 0.29) is 36.5 Å². The maximum Gasteiger partial charge on any atom is 1.00 e. The molecule has 0 amide bonds. The van der Waals surface area contributed by atoms with E-state index < -0.39 is 6.10 Å². The third kappa shape index (κ3) is 4.30. The summed E-state index contributed by atoms with van der Waals surface area (Å²) in [6.07, 6.45) is -0.255. The van der Waals surface area contributed by atoms with Crippen LogP contribution in [-0.4, -0.2) is 11.9 Å². The van der Waals surface area contributed by atoms with E-state index in [0.717, 1.165) is 0 Å². The van der Waals surface area contributed by atoms with Crippen molar-refractivity contribution in [3.8, 4) is 0 Å². The van der Waals surface area contributed by atoms with Crippen LogP contribution >= 0.6 is 0 Å². The molecule has 2 unspecified atom stereocenters. The van der Waals surface area contributed by atoms with E-state index in [1.165, 1.54) is 0 Å². The monoisotopic (exact) mass is 164 g/mol. The van der Waals surface area contributed by atoms with Gasteiger partial charge in [0.2, 0.25) is 0 Å². The van der Waals surface area contributed by atoms with Crippen molar-refractivity contribution in [2.24, 2.45) is 11.8 Å². The molecule has 0 aromatic carbocycles. The van der Waals surface area contributed by atoms with Crippen LogP contribution in [0.4, 0.5) is 0 Å². The van der Waals surface area contributed by atoms with Crippen LogP contribution in [0.2, 0.25) is 0 Å². The van der Waals surface area contributed by atoms with Gasteiger partial charge in [-0.2, -0.15) is 0 Å². The molecular weight excluding hydrogens is 147 g/mol. The number of Topliss-reactive ketones (excluding diaryl/α,β-unsaturated/α-hetero) is 1. The van der Waals surface area contributed by atoms with Gasteiger partial charge < -0.3 is 5.11 Å². The van der Waals surface area contributed by atoms with Gasteiger partial charge in [0.05, 0.1) is 0 Å². The fraction of sp³-hybridized carbons (Fsp3) is 0.889. The Morgan fingerprint density at radius 3 is 2.00 bits per heavy atom. The Labute approximate surface area is 86.9 Å². The molecule has 0 bridgehead atoms. The van der Waals surface area contributed by atoms with Gasteiger partial charge in [-0.25, -0.2) is 0 Å². The molecule has 2 nitrogen and oxygen atoms in total. The van der Waals surface area contributed by atoms with Gasteiger partial charge in [0.1, 0.15) is 5.78 Å². The minimum Gasteiger partial charge on any atom is -0.851 e. The van der Waals surface area contributed by atoms with Crippen molar-refractivity contribution in [3.63, 3.8) is 0 Å². The molecule has 3 heteroatoms. The third-order valence-electron chi connectivity index (χ3n) is 2.01. The SMILES string of the molecule is CCC(=O)C(C)C([O-])C(C)C.[Li+]. The molecule has 0 aromatic rings. The van der Waals surface area contributed by atoms with Crippen LogP contribution in [0.1, 0.15) is 34.1 Å². The Kier molecular flexibility index (Phi) is 8.24. The number of hydrogen-bond acceptors (Lipinski definition) is 2. The quantitative estimate of drug-likeness (QED) is 0.450. The zero-order chi connectivity index (χ0) is 9.02. The summed E-state index contributed by atoms with van der Waals surface area (Å²) in [7, 11) is 0. The first-order valence-electron chi connectivity index (χ1n) is 4.19. The van der Waals surface area contributed by atoms with Crippen molar-refractivity contribution in [2.45, 2.75) is 40.2 Å². The molecule has 0 aliphatic heterocycles. The summed E-state index contributed by atoms with van der Waals surface area (Å²) >= 11 is 0. The molecule has 12 heavy (non-hydrogen) atoms. The molecule has 0 aliphatic carbocycles. The van der Waals surface area contributed by atoms with E-state index in [2.05, 4.69) is 0 Å². The topological polar surface area (TPSA) is 40.1 Å². The van der Waals surface area contributed by atoms with Crippen LogP contribution in [0.5, 0.6) is 0 Å². The maximum atomic E-state index is 11.3. The van der Waals surface area contributed by atoms with Gasteiger partial charge in [-0.05, 0) is 0 Å². The number of carbonyl (C=O) groups excluding carboxylic acids is 1. The van der Waals surface area contributed by atoms with Crippen molar-refractivity contribution < 1.29 is 28.8 Å². The van der Waals surface area contributed by atoms with E-state index in [1.807, 2.05) is 13.8 Å². The predicted molar refractivity (Wildman–Crippen MR) is 43.1 cm³/mol. The third-order valence-corrected chi connectivity index (χ3v) is 2.01. The number of rotatable bonds is 4. The van der Waals surface area contributed by atoms with Crippen LogP contribution in [0.15, 0.2) is 0 Å². The van der Waals surface area contributed by atoms with E-state index in [9.17, 15) is 9.90 Å². The molecule has 0 rings (SSSR count). The Morgan fingerprint density at radius 2 is 1.75 bits per heavy atom. The zero-order valence-corrected chi connectivity index (χ0v) is 8.76. The minimum atomic E-state index is -0.734. The van der Waals surface area contributed by atoms with E-state index in [0.29, 0.717) is 6.42 Å². The first-order chi connectivity index (χ1) is 5.00. The molecule has 0 heterocycles. The van der Waals surface area contributed by atoms with Gasteiger partial charge in [0.25, 0.3) is 0 Å². The van der Waals surface area contributed by atoms with Gasteiger partial charge in [-0.1, -0.05) is 33.6 Å². The smallest absolute Gasteiger partial charge is 0.851 e. The summed E-state index contributed by atoms with van der Waals surface area (Å²) in [5.41, 5.74) is 0. The molecule has 0 radical (unpaired) electrons. The first kappa shape index (κ1) is 14.7. The normalized spacial score (nSPS) is 15.2. The Balaban J connectivity index is 0. The summed E-state index contributed by atoms with van der Waals surface area (Å²) in [5.74, 6) is -0.181. The molecule has 0 N–H and O–H groups in total. The van der Waals surface area contributed by atoms with Crippen molar-refractivity contribution in [3.05, 3.63) is 0 Å². The average Bonchev–Trinajstić information content (AvgIpc) is 2.00. The standard InChI is InChI=1S/C9H17O2.Li/c1-5-8(10)7(4)9(11)6(2)3;/h6-7,9H,5H2,1-4H3;/q-1;+1. The summed E-state index contributed by atoms with van der Waals surface area (Å²) < 4.78 is 0. The van der Waals surface area contributed by atoms with E-state index in [4.69, 9.17) is 0 Å². The Bertz CT molecular complexity index is 134. The predicted octanol–water partition coefficient (Wildman–Crippen LogP) is -2.01. The first-order valence-corrected chi connectivity index (χ1v) is 4.19. The number of hydrogen-bond donors (Lipinski definition) is 0. The van der Waals surface area contributed by atoms with Gasteiger partial charge in [-0.3, -0.25) is 4.79 Å². The summed E-state index contributed by atoms with van der Waals surface area (Å²) in [4.78, 5) is 11.1. The van der Waals surface area contributed by atoms with Crippen LogP contribution in [0.25, 0.3) is 0 Å². The van der Waals surface area contributed by atoms with Gasteiger partial charge in [0, 0.05) is 12.3 Å². The van der Waals surface area contributed by atoms with Gasteiger partial charge >= 0.3 is 18.9 Å². The molecular formula is C9H17LiO2. The van der Waals surface area contributed by atoms with Crippen LogP contribution in [-0.2, 0) is 4.79 Å². The molecule has 66 valence electrons. The Morgan fingerprint density at radius 1 is 1.33 bits per heavy atom. The largest absolute Gasteiger partial charge is 1.00 e. The molecule has 0 saturated heterocycles. The molecule has 0 saturated carbocycles. The summed E-state index contributed by atoms with van der Waals surface area (Å²) in [5, 5.41) is 11.3. The maximum absolute atomic E-state index is 11.3. The fourth-order valence-electron chi connectivity index (χ4n) is 1.08. The van der Waals surface area contributed by atoms with Gasteiger partial charge in [0.15, 0.2) is 0 Å². The fourth-order valence-corrected chi connectivity index (χ4v) is 1.08. The summed E-state index contributed by atoms with van der Waals surface area (Å²) in [6.45, 7) is 7.24. The van der Waals surface area contributed by atoms with Gasteiger partial charge in [-0.15, -0.1) is 6.10 Å². The van der Waals surface area contributed by atoms with Crippen LogP contribution in [0, 0.1) is 11.8 Å². The van der Waals surface area contributed by atoms with Crippen LogP contribution in [0.3, 0.4) is 0 Å². The van der Waals surface area contributed by atoms with Crippen molar-refractivity contribution >= 4 is 5.78 Å². The summed E-state index contributed by atoms with van der Waals surface area (Å²) in [6, 6.07) is 0.